The number of halogens is 2. The van der Waals surface area contributed by atoms with Crippen LogP contribution in [0.15, 0.2) is 39.3 Å². The molecule has 0 N–H and O–H groups in total. The number of benzene rings is 2. The van der Waals surface area contributed by atoms with Crippen LogP contribution in [0.5, 0.6) is 5.75 Å². The van der Waals surface area contributed by atoms with Crippen molar-refractivity contribution < 1.29 is 9.53 Å². The molecular formula is C16H13Br2N3O2. The Morgan fingerprint density at radius 2 is 2.00 bits per heavy atom. The van der Waals surface area contributed by atoms with E-state index in [0.29, 0.717) is 16.8 Å². The van der Waals surface area contributed by atoms with E-state index in [4.69, 9.17) is 4.74 Å². The number of ether oxygens (including phenoxy) is 1. The predicted molar refractivity (Wildman–Crippen MR) is 95.0 cm³/mol. The fraction of sp³-hybridized carbons (Fsp3) is 0.188. The minimum absolute atomic E-state index is 0.114. The van der Waals surface area contributed by atoms with Crippen molar-refractivity contribution in [2.24, 2.45) is 0 Å². The smallest absolute Gasteiger partial charge is 0.286 e. The lowest BCUT2D eigenvalue weighted by Crippen LogP contribution is -2.21. The Bertz CT molecular complexity index is 882. The number of fused-ring (bicyclic) bond motifs is 1. The van der Waals surface area contributed by atoms with Crippen molar-refractivity contribution in [2.45, 2.75) is 13.8 Å². The summed E-state index contributed by atoms with van der Waals surface area (Å²) in [7, 11) is 0. The Morgan fingerprint density at radius 1 is 1.22 bits per heavy atom. The molecule has 0 aliphatic heterocycles. The highest BCUT2D eigenvalue weighted by Crippen LogP contribution is 2.30. The Morgan fingerprint density at radius 3 is 2.74 bits per heavy atom. The fourth-order valence-electron chi connectivity index (χ4n) is 2.36. The highest BCUT2D eigenvalue weighted by atomic mass is 79.9. The van der Waals surface area contributed by atoms with Crippen molar-refractivity contribution in [3.8, 4) is 5.75 Å². The second-order valence-corrected chi connectivity index (χ2v) is 6.98. The van der Waals surface area contributed by atoms with Crippen LogP contribution in [0.4, 0.5) is 0 Å². The van der Waals surface area contributed by atoms with Crippen LogP contribution in [0.1, 0.15) is 15.9 Å². The summed E-state index contributed by atoms with van der Waals surface area (Å²) in [4.78, 5) is 12.4. The van der Waals surface area contributed by atoms with Crippen molar-refractivity contribution in [1.29, 1.82) is 0 Å². The van der Waals surface area contributed by atoms with Crippen molar-refractivity contribution in [2.75, 3.05) is 6.61 Å². The third-order valence-corrected chi connectivity index (χ3v) is 4.44. The van der Waals surface area contributed by atoms with Crippen LogP contribution >= 0.6 is 31.9 Å². The van der Waals surface area contributed by atoms with Crippen LogP contribution < -0.4 is 4.74 Å². The molecule has 0 atom stereocenters. The van der Waals surface area contributed by atoms with Gasteiger partial charge < -0.3 is 4.74 Å². The minimum atomic E-state index is -0.276. The molecule has 7 heteroatoms. The molecule has 0 saturated carbocycles. The van der Waals surface area contributed by atoms with Crippen molar-refractivity contribution in [3.05, 3.63) is 50.4 Å². The molecule has 1 heterocycles. The quantitative estimate of drug-likeness (QED) is 0.611. The molecule has 0 aliphatic carbocycles. The van der Waals surface area contributed by atoms with Gasteiger partial charge in [-0.2, -0.15) is 4.68 Å². The van der Waals surface area contributed by atoms with Crippen LogP contribution in [0.3, 0.4) is 0 Å². The predicted octanol–water partition coefficient (Wildman–Crippen LogP) is 4.29. The number of aromatic nitrogens is 3. The SMILES string of the molecule is Cc1cc(C)c(OCC(=O)n2nnc3cc(Br)ccc32)c(Br)c1. The van der Waals surface area contributed by atoms with E-state index >= 15 is 0 Å². The Kier molecular flexibility index (Phi) is 4.50. The van der Waals surface area contributed by atoms with E-state index in [2.05, 4.69) is 42.2 Å². The molecule has 0 saturated heterocycles. The van der Waals surface area contributed by atoms with E-state index in [1.807, 2.05) is 38.1 Å². The van der Waals surface area contributed by atoms with Gasteiger partial charge in [-0.25, -0.2) is 0 Å². The third-order valence-electron chi connectivity index (χ3n) is 3.36. The Labute approximate surface area is 149 Å². The molecule has 3 aromatic rings. The fourth-order valence-corrected chi connectivity index (χ4v) is 3.50. The van der Waals surface area contributed by atoms with Crippen molar-refractivity contribution in [3.63, 3.8) is 0 Å². The second-order valence-electron chi connectivity index (χ2n) is 5.21. The van der Waals surface area contributed by atoms with Crippen LogP contribution in [-0.4, -0.2) is 27.5 Å². The zero-order chi connectivity index (χ0) is 16.6. The molecule has 118 valence electrons. The number of aryl methyl sites for hydroxylation is 2. The normalized spacial score (nSPS) is 11.0. The maximum absolute atomic E-state index is 12.4. The van der Waals surface area contributed by atoms with Gasteiger partial charge in [-0.1, -0.05) is 27.2 Å². The molecule has 0 amide bonds. The number of carbonyl (C=O) groups excluding carboxylic acids is 1. The molecule has 2 aromatic carbocycles. The summed E-state index contributed by atoms with van der Waals surface area (Å²) in [5.74, 6) is 0.387. The van der Waals surface area contributed by atoms with Gasteiger partial charge in [-0.05, 0) is 65.2 Å². The average molecular weight is 439 g/mol. The molecule has 0 spiro atoms. The van der Waals surface area contributed by atoms with Gasteiger partial charge in [0.25, 0.3) is 5.91 Å². The summed E-state index contributed by atoms with van der Waals surface area (Å²) in [6.45, 7) is 3.84. The van der Waals surface area contributed by atoms with Crippen LogP contribution in [-0.2, 0) is 0 Å². The van der Waals surface area contributed by atoms with Gasteiger partial charge in [0.05, 0.1) is 9.99 Å². The molecule has 3 rings (SSSR count). The largest absolute Gasteiger partial charge is 0.482 e. The number of hydrogen-bond acceptors (Lipinski definition) is 4. The van der Waals surface area contributed by atoms with Gasteiger partial charge in [-0.3, -0.25) is 4.79 Å². The molecular weight excluding hydrogens is 426 g/mol. The molecule has 0 radical (unpaired) electrons. The third kappa shape index (κ3) is 3.30. The molecule has 5 nitrogen and oxygen atoms in total. The lowest BCUT2D eigenvalue weighted by molar-refractivity contribution is 0.0823. The van der Waals surface area contributed by atoms with E-state index in [1.54, 1.807) is 6.07 Å². The summed E-state index contributed by atoms with van der Waals surface area (Å²) in [5.41, 5.74) is 3.40. The summed E-state index contributed by atoms with van der Waals surface area (Å²) in [6.07, 6.45) is 0. The first-order chi connectivity index (χ1) is 11.0. The summed E-state index contributed by atoms with van der Waals surface area (Å²) >= 11 is 6.84. The van der Waals surface area contributed by atoms with Gasteiger partial charge in [-0.15, -0.1) is 5.10 Å². The standard InChI is InChI=1S/C16H13Br2N3O2/c1-9-5-10(2)16(12(18)6-9)23-8-15(22)21-14-4-3-11(17)7-13(14)19-20-21/h3-7H,8H2,1-2H3. The molecule has 0 fully saturated rings. The second kappa shape index (κ2) is 6.41. The van der Waals surface area contributed by atoms with Gasteiger partial charge in [0.2, 0.25) is 0 Å². The first-order valence-corrected chi connectivity index (χ1v) is 8.48. The zero-order valence-electron chi connectivity index (χ0n) is 12.5. The molecule has 0 aliphatic rings. The molecule has 1 aromatic heterocycles. The number of carbonyl (C=O) groups is 1. The van der Waals surface area contributed by atoms with Crippen molar-refractivity contribution >= 4 is 48.8 Å². The molecule has 23 heavy (non-hydrogen) atoms. The van der Waals surface area contributed by atoms with E-state index in [9.17, 15) is 4.79 Å². The topological polar surface area (TPSA) is 57.0 Å². The summed E-state index contributed by atoms with van der Waals surface area (Å²) in [6, 6.07) is 9.41. The van der Waals surface area contributed by atoms with Gasteiger partial charge in [0.15, 0.2) is 6.61 Å². The number of nitrogens with zero attached hydrogens (tertiary/aromatic N) is 3. The van der Waals surface area contributed by atoms with E-state index < -0.39 is 0 Å². The first-order valence-electron chi connectivity index (χ1n) is 6.89. The van der Waals surface area contributed by atoms with Crippen molar-refractivity contribution in [1.82, 2.24) is 15.0 Å². The number of rotatable bonds is 3. The Balaban J connectivity index is 1.82. The van der Waals surface area contributed by atoms with E-state index in [0.717, 1.165) is 20.1 Å². The number of hydrogen-bond donors (Lipinski definition) is 0. The van der Waals surface area contributed by atoms with E-state index in [1.165, 1.54) is 4.68 Å². The maximum Gasteiger partial charge on any atom is 0.286 e. The zero-order valence-corrected chi connectivity index (χ0v) is 15.7. The van der Waals surface area contributed by atoms with E-state index in [-0.39, 0.29) is 12.5 Å². The molecule has 0 bridgehead atoms. The van der Waals surface area contributed by atoms with Gasteiger partial charge >= 0.3 is 0 Å². The summed E-state index contributed by atoms with van der Waals surface area (Å²) < 4.78 is 8.67. The summed E-state index contributed by atoms with van der Waals surface area (Å²) in [5, 5.41) is 7.91. The van der Waals surface area contributed by atoms with Crippen LogP contribution in [0, 0.1) is 13.8 Å². The maximum atomic E-state index is 12.4. The lowest BCUT2D eigenvalue weighted by atomic mass is 10.1. The van der Waals surface area contributed by atoms with Gasteiger partial charge in [0.1, 0.15) is 11.3 Å². The molecule has 0 unspecified atom stereocenters. The highest BCUT2D eigenvalue weighted by molar-refractivity contribution is 9.10. The monoisotopic (exact) mass is 437 g/mol. The minimum Gasteiger partial charge on any atom is -0.482 e. The lowest BCUT2D eigenvalue weighted by Gasteiger charge is -2.11. The first kappa shape index (κ1) is 16.1. The van der Waals surface area contributed by atoms with Crippen LogP contribution in [0.25, 0.3) is 11.0 Å². The average Bonchev–Trinajstić information content (AvgIpc) is 2.88. The Hall–Kier alpha value is -1.73. The highest BCUT2D eigenvalue weighted by Gasteiger charge is 2.14. The van der Waals surface area contributed by atoms with Crippen LogP contribution in [0.2, 0.25) is 0 Å². The van der Waals surface area contributed by atoms with Gasteiger partial charge in [0, 0.05) is 4.47 Å².